The molecule has 0 radical (unpaired) electrons. The van der Waals surface area contributed by atoms with Gasteiger partial charge in [0.05, 0.1) is 4.92 Å². The highest BCUT2D eigenvalue weighted by molar-refractivity contribution is 7.17. The molecule has 76 valence electrons. The van der Waals surface area contributed by atoms with Crippen LogP contribution >= 0.6 is 11.3 Å². The van der Waals surface area contributed by atoms with Crippen LogP contribution < -0.4 is 10.1 Å². The van der Waals surface area contributed by atoms with Gasteiger partial charge in [-0.1, -0.05) is 0 Å². The molecule has 1 atom stereocenters. The van der Waals surface area contributed by atoms with Gasteiger partial charge >= 0.3 is 5.00 Å². The fourth-order valence-electron chi connectivity index (χ4n) is 1.36. The van der Waals surface area contributed by atoms with Crippen molar-refractivity contribution in [3.8, 4) is 5.06 Å². The van der Waals surface area contributed by atoms with E-state index in [-0.39, 0.29) is 11.1 Å². The normalized spacial score (nSPS) is 21.0. The van der Waals surface area contributed by atoms with Crippen molar-refractivity contribution in [3.05, 3.63) is 22.2 Å². The van der Waals surface area contributed by atoms with E-state index in [0.29, 0.717) is 5.06 Å². The second-order valence-corrected chi connectivity index (χ2v) is 4.11. The highest BCUT2D eigenvalue weighted by Crippen LogP contribution is 2.31. The maximum Gasteiger partial charge on any atom is 0.327 e. The van der Waals surface area contributed by atoms with Crippen molar-refractivity contribution in [3.63, 3.8) is 0 Å². The first-order valence-corrected chi connectivity index (χ1v) is 5.19. The van der Waals surface area contributed by atoms with Crippen molar-refractivity contribution in [2.75, 3.05) is 13.1 Å². The number of nitrogens with one attached hydrogen (secondary N) is 1. The van der Waals surface area contributed by atoms with Crippen molar-refractivity contribution >= 4 is 16.3 Å². The van der Waals surface area contributed by atoms with E-state index in [1.54, 1.807) is 6.07 Å². The van der Waals surface area contributed by atoms with Crippen LogP contribution in [0.1, 0.15) is 6.42 Å². The lowest BCUT2D eigenvalue weighted by molar-refractivity contribution is -0.380. The molecule has 14 heavy (non-hydrogen) atoms. The van der Waals surface area contributed by atoms with Crippen LogP contribution in [0.5, 0.6) is 5.06 Å². The van der Waals surface area contributed by atoms with Crippen molar-refractivity contribution < 1.29 is 9.66 Å². The highest BCUT2D eigenvalue weighted by Gasteiger charge is 2.18. The van der Waals surface area contributed by atoms with E-state index in [9.17, 15) is 10.1 Å². The first kappa shape index (κ1) is 9.42. The van der Waals surface area contributed by atoms with Gasteiger partial charge in [-0.15, -0.1) is 0 Å². The van der Waals surface area contributed by atoms with Crippen LogP contribution in [0.4, 0.5) is 5.00 Å². The fourth-order valence-corrected chi connectivity index (χ4v) is 2.10. The van der Waals surface area contributed by atoms with Crippen LogP contribution in [0.25, 0.3) is 0 Å². The van der Waals surface area contributed by atoms with Crippen molar-refractivity contribution in [1.82, 2.24) is 5.32 Å². The maximum atomic E-state index is 10.4. The number of nitro groups is 1. The molecular weight excluding hydrogens is 204 g/mol. The zero-order valence-corrected chi connectivity index (χ0v) is 8.25. The lowest BCUT2D eigenvalue weighted by Gasteiger charge is -2.08. The van der Waals surface area contributed by atoms with Crippen LogP contribution in [0.3, 0.4) is 0 Å². The molecule has 0 saturated carbocycles. The summed E-state index contributed by atoms with van der Waals surface area (Å²) < 4.78 is 5.56. The van der Waals surface area contributed by atoms with Gasteiger partial charge in [-0.2, -0.15) is 0 Å². The number of nitrogens with zero attached hydrogens (tertiary/aromatic N) is 1. The van der Waals surface area contributed by atoms with Gasteiger partial charge in [0.15, 0.2) is 5.06 Å². The minimum atomic E-state index is -0.398. The van der Waals surface area contributed by atoms with E-state index in [1.807, 2.05) is 0 Å². The Morgan fingerprint density at radius 1 is 1.64 bits per heavy atom. The Balaban J connectivity index is 1.98. The Bertz CT molecular complexity index is 333. The molecule has 1 aliphatic rings. The average Bonchev–Trinajstić information content (AvgIpc) is 2.75. The molecule has 1 aliphatic heterocycles. The summed E-state index contributed by atoms with van der Waals surface area (Å²) in [5.74, 6) is 0. The summed E-state index contributed by atoms with van der Waals surface area (Å²) in [6.07, 6.45) is 1.12. The van der Waals surface area contributed by atoms with Crippen LogP contribution in [-0.4, -0.2) is 24.1 Å². The van der Waals surface area contributed by atoms with Crippen molar-refractivity contribution in [2.45, 2.75) is 12.5 Å². The summed E-state index contributed by atoms with van der Waals surface area (Å²) >= 11 is 1.08. The minimum Gasteiger partial charge on any atom is -0.479 e. The smallest absolute Gasteiger partial charge is 0.327 e. The van der Waals surface area contributed by atoms with E-state index in [1.165, 1.54) is 6.07 Å². The van der Waals surface area contributed by atoms with E-state index in [2.05, 4.69) is 5.32 Å². The van der Waals surface area contributed by atoms with Gasteiger partial charge < -0.3 is 10.1 Å². The molecule has 1 unspecified atom stereocenters. The SMILES string of the molecule is O=[N+]([O-])c1ccc(OC2CCNC2)s1. The largest absolute Gasteiger partial charge is 0.479 e. The zero-order valence-electron chi connectivity index (χ0n) is 7.43. The molecule has 1 N–H and O–H groups in total. The molecule has 6 heteroatoms. The standard InChI is InChI=1S/C8H10N2O3S/c11-10(12)7-1-2-8(14-7)13-6-3-4-9-5-6/h1-2,6,9H,3-5H2. The van der Waals surface area contributed by atoms with Gasteiger partial charge in [0.25, 0.3) is 0 Å². The number of thiophene rings is 1. The maximum absolute atomic E-state index is 10.4. The molecule has 5 nitrogen and oxygen atoms in total. The third kappa shape index (κ3) is 2.02. The lowest BCUT2D eigenvalue weighted by atomic mass is 10.3. The predicted molar refractivity (Wildman–Crippen MR) is 52.9 cm³/mol. The lowest BCUT2D eigenvalue weighted by Crippen LogP contribution is -2.18. The van der Waals surface area contributed by atoms with E-state index in [0.717, 1.165) is 30.8 Å². The predicted octanol–water partition coefficient (Wildman–Crippen LogP) is 1.40. The third-order valence-corrected chi connectivity index (χ3v) is 2.97. The molecule has 0 aromatic carbocycles. The average molecular weight is 214 g/mol. The Kier molecular flexibility index (Phi) is 2.64. The molecule has 1 aromatic rings. The Morgan fingerprint density at radius 3 is 3.07 bits per heavy atom. The Hall–Kier alpha value is -1.14. The highest BCUT2D eigenvalue weighted by atomic mass is 32.1. The first-order chi connectivity index (χ1) is 6.75. The van der Waals surface area contributed by atoms with Gasteiger partial charge in [0.2, 0.25) is 0 Å². The second-order valence-electron chi connectivity index (χ2n) is 3.08. The molecule has 0 aliphatic carbocycles. The molecule has 1 aromatic heterocycles. The monoisotopic (exact) mass is 214 g/mol. The minimum absolute atomic E-state index is 0.131. The van der Waals surface area contributed by atoms with Gasteiger partial charge in [0, 0.05) is 12.6 Å². The molecule has 2 heterocycles. The third-order valence-electron chi connectivity index (χ3n) is 2.05. The summed E-state index contributed by atoms with van der Waals surface area (Å²) in [4.78, 5) is 10.0. The van der Waals surface area contributed by atoms with Gasteiger partial charge in [0.1, 0.15) is 6.10 Å². The number of hydrogen-bond donors (Lipinski definition) is 1. The van der Waals surface area contributed by atoms with Gasteiger partial charge in [-0.3, -0.25) is 10.1 Å². The quantitative estimate of drug-likeness (QED) is 0.610. The van der Waals surface area contributed by atoms with Gasteiger partial charge in [-0.25, -0.2) is 0 Å². The van der Waals surface area contributed by atoms with Crippen molar-refractivity contribution in [1.29, 1.82) is 0 Å². The summed E-state index contributed by atoms with van der Waals surface area (Å²) in [6.45, 7) is 1.78. The number of ether oxygens (including phenoxy) is 1. The van der Waals surface area contributed by atoms with Crippen LogP contribution in [0.2, 0.25) is 0 Å². The molecule has 1 saturated heterocycles. The van der Waals surface area contributed by atoms with E-state index >= 15 is 0 Å². The summed E-state index contributed by atoms with van der Waals surface area (Å²) in [5.41, 5.74) is 0. The zero-order chi connectivity index (χ0) is 9.97. The van der Waals surface area contributed by atoms with E-state index < -0.39 is 4.92 Å². The summed E-state index contributed by atoms with van der Waals surface area (Å²) in [7, 11) is 0. The number of hydrogen-bond acceptors (Lipinski definition) is 5. The Morgan fingerprint density at radius 2 is 2.50 bits per heavy atom. The topological polar surface area (TPSA) is 64.4 Å². The van der Waals surface area contributed by atoms with Crippen LogP contribution in [0, 0.1) is 10.1 Å². The van der Waals surface area contributed by atoms with E-state index in [4.69, 9.17) is 4.74 Å². The molecule has 2 rings (SSSR count). The van der Waals surface area contributed by atoms with Gasteiger partial charge in [-0.05, 0) is 30.4 Å². The molecule has 0 bridgehead atoms. The number of rotatable bonds is 3. The Labute approximate surface area is 84.8 Å². The first-order valence-electron chi connectivity index (χ1n) is 4.37. The summed E-state index contributed by atoms with van der Waals surface area (Å²) in [5, 5.41) is 14.3. The van der Waals surface area contributed by atoms with Crippen LogP contribution in [0.15, 0.2) is 12.1 Å². The summed E-state index contributed by atoms with van der Waals surface area (Å²) in [6, 6.07) is 3.13. The molecular formula is C8H10N2O3S. The van der Waals surface area contributed by atoms with Crippen molar-refractivity contribution in [2.24, 2.45) is 0 Å². The van der Waals surface area contributed by atoms with Crippen LogP contribution in [-0.2, 0) is 0 Å². The molecule has 1 fully saturated rings. The molecule has 0 amide bonds. The fraction of sp³-hybridized carbons (Fsp3) is 0.500. The molecule has 0 spiro atoms. The second kappa shape index (κ2) is 3.93.